The first-order valence-electron chi connectivity index (χ1n) is 10.4. The summed E-state index contributed by atoms with van der Waals surface area (Å²) in [6, 6.07) is 43.2. The highest BCUT2D eigenvalue weighted by Crippen LogP contribution is 2.41. The molecule has 0 aromatic heterocycles. The van der Waals surface area contributed by atoms with E-state index in [0.717, 1.165) is 0 Å². The summed E-state index contributed by atoms with van der Waals surface area (Å²) in [5.41, 5.74) is 4.99. The molecule has 2 heteroatoms. The van der Waals surface area contributed by atoms with Crippen LogP contribution in [0.3, 0.4) is 0 Å². The van der Waals surface area contributed by atoms with Crippen LogP contribution >= 0.6 is 0 Å². The predicted molar refractivity (Wildman–Crippen MR) is 128 cm³/mol. The molecule has 4 aromatic rings. The highest BCUT2D eigenvalue weighted by molar-refractivity contribution is 5.54. The normalized spacial score (nSPS) is 12.7. The third kappa shape index (κ3) is 4.23. The average Bonchev–Trinajstić information content (AvgIpc) is 2.84. The topological polar surface area (TPSA) is 6.48 Å². The zero-order chi connectivity index (χ0) is 20.8. The number of hydrogen-bond donors (Lipinski definition) is 0. The van der Waals surface area contributed by atoms with Gasteiger partial charge in [-0.2, -0.15) is 0 Å². The van der Waals surface area contributed by atoms with Crippen LogP contribution in [0.4, 0.5) is 11.4 Å². The lowest BCUT2D eigenvalue weighted by molar-refractivity contribution is 0.521. The standard InChI is InChI=1S/C28H28N2/c1-29(25-19-11-5-12-20-25)27(23-15-7-3-8-16-23)28(24-17-9-4-10-18-24)30(2)26-21-13-6-14-22-26/h3-22,27-28H,1-2H3/t27-,28-/m1/s1. The van der Waals surface area contributed by atoms with Crippen LogP contribution in [-0.2, 0) is 0 Å². The first-order chi connectivity index (χ1) is 14.8. The molecule has 0 bridgehead atoms. The lowest BCUT2D eigenvalue weighted by Gasteiger charge is -2.42. The number of benzene rings is 4. The SMILES string of the molecule is CN(c1ccccc1)[C@H](c1ccccc1)[C@@H](c1ccccc1)N(C)c1ccccc1. The van der Waals surface area contributed by atoms with Gasteiger partial charge < -0.3 is 9.80 Å². The smallest absolute Gasteiger partial charge is 0.0784 e. The van der Waals surface area contributed by atoms with Crippen molar-refractivity contribution < 1.29 is 0 Å². The van der Waals surface area contributed by atoms with Crippen molar-refractivity contribution in [3.63, 3.8) is 0 Å². The number of nitrogens with zero attached hydrogens (tertiary/aromatic N) is 2. The first-order valence-corrected chi connectivity index (χ1v) is 10.4. The highest BCUT2D eigenvalue weighted by atomic mass is 15.2. The van der Waals surface area contributed by atoms with Gasteiger partial charge >= 0.3 is 0 Å². The fraction of sp³-hybridized carbons (Fsp3) is 0.143. The van der Waals surface area contributed by atoms with Gasteiger partial charge in [0.05, 0.1) is 12.1 Å². The third-order valence-electron chi connectivity index (χ3n) is 5.74. The maximum atomic E-state index is 2.40. The van der Waals surface area contributed by atoms with Crippen molar-refractivity contribution in [2.45, 2.75) is 12.1 Å². The molecule has 0 saturated heterocycles. The van der Waals surface area contributed by atoms with Crippen molar-refractivity contribution >= 4 is 11.4 Å². The van der Waals surface area contributed by atoms with Crippen LogP contribution in [0.2, 0.25) is 0 Å². The monoisotopic (exact) mass is 392 g/mol. The van der Waals surface area contributed by atoms with Crippen LogP contribution < -0.4 is 9.80 Å². The molecular weight excluding hydrogens is 364 g/mol. The number of rotatable bonds is 7. The Morgan fingerprint density at radius 1 is 0.400 bits per heavy atom. The largest absolute Gasteiger partial charge is 0.365 e. The van der Waals surface area contributed by atoms with Crippen molar-refractivity contribution in [1.82, 2.24) is 0 Å². The molecule has 0 N–H and O–H groups in total. The van der Waals surface area contributed by atoms with Gasteiger partial charge in [0.2, 0.25) is 0 Å². The Morgan fingerprint density at radius 2 is 0.667 bits per heavy atom. The van der Waals surface area contributed by atoms with E-state index in [0.29, 0.717) is 0 Å². The van der Waals surface area contributed by atoms with E-state index in [4.69, 9.17) is 0 Å². The van der Waals surface area contributed by atoms with E-state index in [9.17, 15) is 0 Å². The second-order valence-corrected chi connectivity index (χ2v) is 7.60. The predicted octanol–water partition coefficient (Wildman–Crippen LogP) is 6.74. The minimum absolute atomic E-state index is 0.126. The molecule has 150 valence electrons. The average molecular weight is 393 g/mol. The molecule has 0 aliphatic rings. The number of para-hydroxylation sites is 2. The molecule has 0 aliphatic heterocycles. The van der Waals surface area contributed by atoms with Crippen LogP contribution in [-0.4, -0.2) is 14.1 Å². The van der Waals surface area contributed by atoms with Crippen molar-refractivity contribution in [1.29, 1.82) is 0 Å². The Labute approximate surface area is 180 Å². The molecule has 0 aliphatic carbocycles. The first kappa shape index (κ1) is 19.8. The highest BCUT2D eigenvalue weighted by Gasteiger charge is 2.32. The van der Waals surface area contributed by atoms with Crippen molar-refractivity contribution in [2.75, 3.05) is 23.9 Å². The molecule has 2 atom stereocenters. The van der Waals surface area contributed by atoms with Gasteiger partial charge in [-0.1, -0.05) is 97.1 Å². The van der Waals surface area contributed by atoms with Gasteiger partial charge in [0.25, 0.3) is 0 Å². The Bertz CT molecular complexity index is 930. The molecule has 4 rings (SSSR count). The molecule has 2 nitrogen and oxygen atoms in total. The number of likely N-dealkylation sites (N-methyl/N-ethyl adjacent to an activating group) is 2. The molecule has 30 heavy (non-hydrogen) atoms. The zero-order valence-electron chi connectivity index (χ0n) is 17.6. The van der Waals surface area contributed by atoms with Gasteiger partial charge in [-0.3, -0.25) is 0 Å². The molecule has 0 unspecified atom stereocenters. The fourth-order valence-corrected chi connectivity index (χ4v) is 4.18. The van der Waals surface area contributed by atoms with Crippen molar-refractivity contribution in [3.05, 3.63) is 132 Å². The lowest BCUT2D eigenvalue weighted by Crippen LogP contribution is -2.38. The van der Waals surface area contributed by atoms with Gasteiger partial charge in [-0.25, -0.2) is 0 Å². The van der Waals surface area contributed by atoms with Gasteiger partial charge in [0, 0.05) is 25.5 Å². The summed E-state index contributed by atoms with van der Waals surface area (Å²) in [7, 11) is 4.39. The summed E-state index contributed by atoms with van der Waals surface area (Å²) in [6.07, 6.45) is 0. The summed E-state index contributed by atoms with van der Waals surface area (Å²) in [6.45, 7) is 0. The second-order valence-electron chi connectivity index (χ2n) is 7.60. The Morgan fingerprint density at radius 3 is 0.967 bits per heavy atom. The Balaban J connectivity index is 1.87. The summed E-state index contributed by atoms with van der Waals surface area (Å²) in [5, 5.41) is 0. The van der Waals surface area contributed by atoms with Crippen LogP contribution in [0, 0.1) is 0 Å². The van der Waals surface area contributed by atoms with Crippen LogP contribution in [0.25, 0.3) is 0 Å². The Kier molecular flexibility index (Phi) is 6.14. The molecule has 4 aromatic carbocycles. The number of anilines is 2. The van der Waals surface area contributed by atoms with E-state index in [1.165, 1.54) is 22.5 Å². The molecule has 0 radical (unpaired) electrons. The summed E-state index contributed by atoms with van der Waals surface area (Å²) < 4.78 is 0. The van der Waals surface area contributed by atoms with Gasteiger partial charge in [-0.05, 0) is 35.4 Å². The summed E-state index contributed by atoms with van der Waals surface area (Å²) >= 11 is 0. The maximum absolute atomic E-state index is 2.40. The van der Waals surface area contributed by atoms with Gasteiger partial charge in [0.1, 0.15) is 0 Å². The van der Waals surface area contributed by atoms with Crippen LogP contribution in [0.15, 0.2) is 121 Å². The van der Waals surface area contributed by atoms with E-state index in [1.807, 2.05) is 0 Å². The van der Waals surface area contributed by atoms with Crippen LogP contribution in [0.5, 0.6) is 0 Å². The van der Waals surface area contributed by atoms with Gasteiger partial charge in [-0.15, -0.1) is 0 Å². The van der Waals surface area contributed by atoms with E-state index in [2.05, 4.69) is 145 Å². The molecular formula is C28H28N2. The Hall–Kier alpha value is -3.52. The van der Waals surface area contributed by atoms with Crippen molar-refractivity contribution in [3.8, 4) is 0 Å². The van der Waals surface area contributed by atoms with Crippen molar-refractivity contribution in [2.24, 2.45) is 0 Å². The molecule has 0 saturated carbocycles. The quantitative estimate of drug-likeness (QED) is 0.343. The third-order valence-corrected chi connectivity index (χ3v) is 5.74. The van der Waals surface area contributed by atoms with E-state index in [-0.39, 0.29) is 12.1 Å². The van der Waals surface area contributed by atoms with Crippen LogP contribution in [0.1, 0.15) is 23.2 Å². The minimum Gasteiger partial charge on any atom is -0.365 e. The second kappa shape index (κ2) is 9.32. The maximum Gasteiger partial charge on any atom is 0.0784 e. The lowest BCUT2D eigenvalue weighted by atomic mass is 9.90. The summed E-state index contributed by atoms with van der Waals surface area (Å²) in [4.78, 5) is 4.79. The number of hydrogen-bond acceptors (Lipinski definition) is 2. The van der Waals surface area contributed by atoms with E-state index in [1.54, 1.807) is 0 Å². The van der Waals surface area contributed by atoms with Gasteiger partial charge in [0.15, 0.2) is 0 Å². The minimum atomic E-state index is 0.126. The molecule has 0 fully saturated rings. The molecule has 0 amide bonds. The molecule has 0 heterocycles. The summed E-state index contributed by atoms with van der Waals surface area (Å²) in [5.74, 6) is 0. The molecule has 0 spiro atoms. The van der Waals surface area contributed by atoms with E-state index < -0.39 is 0 Å². The van der Waals surface area contributed by atoms with E-state index >= 15 is 0 Å². The zero-order valence-corrected chi connectivity index (χ0v) is 17.6. The fourth-order valence-electron chi connectivity index (χ4n) is 4.18.